The van der Waals surface area contributed by atoms with E-state index in [1.165, 1.54) is 30.2 Å². The van der Waals surface area contributed by atoms with Crippen molar-refractivity contribution in [1.82, 2.24) is 10.2 Å². The number of ether oxygens (including phenoxy) is 2. The molecule has 0 radical (unpaired) electrons. The molecule has 0 saturated heterocycles. The summed E-state index contributed by atoms with van der Waals surface area (Å²) in [6.45, 7) is 4.29. The average molecular weight is 415 g/mol. The van der Waals surface area contributed by atoms with Crippen molar-refractivity contribution in [3.05, 3.63) is 45.3 Å². The van der Waals surface area contributed by atoms with Crippen LogP contribution in [-0.2, 0) is 14.3 Å². The Balaban J connectivity index is 2.44. The summed E-state index contributed by atoms with van der Waals surface area (Å²) in [5.41, 5.74) is 1.41. The quantitative estimate of drug-likeness (QED) is 0.573. The third-order valence-corrected chi connectivity index (χ3v) is 4.54. The highest BCUT2D eigenvalue weighted by Gasteiger charge is 2.36. The van der Waals surface area contributed by atoms with E-state index in [9.17, 15) is 14.0 Å². The number of methoxy groups -OCH3 is 1. The highest BCUT2D eigenvalue weighted by molar-refractivity contribution is 9.10. The number of hydrogen-bond acceptors (Lipinski definition) is 4. The number of hydrogen-bond donors (Lipinski definition) is 1. The highest BCUT2D eigenvalue weighted by atomic mass is 79.9. The Bertz CT molecular complexity index is 708. The molecule has 6 nitrogen and oxygen atoms in total. The second-order valence-electron chi connectivity index (χ2n) is 5.43. The van der Waals surface area contributed by atoms with Gasteiger partial charge in [0.05, 0.1) is 22.7 Å². The van der Waals surface area contributed by atoms with Crippen LogP contribution < -0.4 is 5.32 Å². The van der Waals surface area contributed by atoms with Gasteiger partial charge in [0, 0.05) is 19.4 Å². The van der Waals surface area contributed by atoms with Crippen molar-refractivity contribution in [3.63, 3.8) is 0 Å². The second kappa shape index (κ2) is 8.44. The van der Waals surface area contributed by atoms with Crippen LogP contribution in [0.4, 0.5) is 9.18 Å². The van der Waals surface area contributed by atoms with Gasteiger partial charge in [0.15, 0.2) is 0 Å². The Hall–Kier alpha value is -1.93. The maximum absolute atomic E-state index is 13.5. The number of benzene rings is 1. The standard InChI is InChI=1S/C17H20BrFN2O4/c1-4-21-10(2)14(16(22)25-8-7-24-3)15(20-17(21)23)11-5-6-13(19)12(18)9-11/h5-6,9,15H,4,7-8H2,1-3H3,(H,20,23)/t15-/m0/s1. The number of nitrogens with zero attached hydrogens (tertiary/aromatic N) is 1. The number of carbonyl (C=O) groups is 2. The van der Waals surface area contributed by atoms with E-state index in [1.54, 1.807) is 6.92 Å². The molecule has 25 heavy (non-hydrogen) atoms. The molecule has 0 saturated carbocycles. The van der Waals surface area contributed by atoms with Gasteiger partial charge in [-0.15, -0.1) is 0 Å². The van der Waals surface area contributed by atoms with Gasteiger partial charge in [0.25, 0.3) is 0 Å². The zero-order chi connectivity index (χ0) is 18.6. The smallest absolute Gasteiger partial charge is 0.338 e. The molecule has 1 aromatic carbocycles. The van der Waals surface area contributed by atoms with Crippen molar-refractivity contribution < 1.29 is 23.5 Å². The van der Waals surface area contributed by atoms with Gasteiger partial charge in [0.2, 0.25) is 0 Å². The number of allylic oxidation sites excluding steroid dienone is 1. The average Bonchev–Trinajstić information content (AvgIpc) is 2.57. The number of rotatable bonds is 6. The van der Waals surface area contributed by atoms with Crippen LogP contribution in [-0.4, -0.2) is 43.8 Å². The molecule has 1 aliphatic rings. The normalized spacial score (nSPS) is 17.6. The molecule has 0 aromatic heterocycles. The molecular formula is C17H20BrFN2O4. The van der Waals surface area contributed by atoms with E-state index in [1.807, 2.05) is 6.92 Å². The third-order valence-electron chi connectivity index (χ3n) is 3.93. The number of carbonyl (C=O) groups excluding carboxylic acids is 2. The zero-order valence-corrected chi connectivity index (χ0v) is 15.9. The maximum Gasteiger partial charge on any atom is 0.338 e. The Morgan fingerprint density at radius 1 is 1.40 bits per heavy atom. The monoisotopic (exact) mass is 414 g/mol. The van der Waals surface area contributed by atoms with Gasteiger partial charge >= 0.3 is 12.0 Å². The van der Waals surface area contributed by atoms with Crippen molar-refractivity contribution in [2.45, 2.75) is 19.9 Å². The van der Waals surface area contributed by atoms with E-state index in [2.05, 4.69) is 21.2 Å². The number of urea groups is 1. The van der Waals surface area contributed by atoms with E-state index in [0.717, 1.165) is 0 Å². The van der Waals surface area contributed by atoms with E-state index < -0.39 is 17.8 Å². The molecule has 1 heterocycles. The predicted octanol–water partition coefficient (Wildman–Crippen LogP) is 3.14. The minimum absolute atomic E-state index is 0.103. The van der Waals surface area contributed by atoms with Crippen LogP contribution >= 0.6 is 15.9 Å². The second-order valence-corrected chi connectivity index (χ2v) is 6.28. The summed E-state index contributed by atoms with van der Waals surface area (Å²) in [6.07, 6.45) is 0. The zero-order valence-electron chi connectivity index (χ0n) is 14.3. The molecule has 2 rings (SSSR count). The van der Waals surface area contributed by atoms with Gasteiger partial charge in [-0.25, -0.2) is 14.0 Å². The largest absolute Gasteiger partial charge is 0.460 e. The Labute approximate surface area is 154 Å². The molecule has 1 aliphatic heterocycles. The van der Waals surface area contributed by atoms with Crippen LogP contribution in [0.5, 0.6) is 0 Å². The first-order valence-corrected chi connectivity index (χ1v) is 8.59. The van der Waals surface area contributed by atoms with Crippen LogP contribution in [0.15, 0.2) is 33.9 Å². The first-order valence-electron chi connectivity index (χ1n) is 7.80. The first-order chi connectivity index (χ1) is 11.9. The van der Waals surface area contributed by atoms with E-state index in [-0.39, 0.29) is 23.7 Å². The maximum atomic E-state index is 13.5. The van der Waals surface area contributed by atoms with Gasteiger partial charge in [-0.2, -0.15) is 0 Å². The summed E-state index contributed by atoms with van der Waals surface area (Å²) in [4.78, 5) is 26.4. The lowest BCUT2D eigenvalue weighted by molar-refractivity contribution is -0.140. The van der Waals surface area contributed by atoms with Gasteiger partial charge in [-0.05, 0) is 47.5 Å². The SMILES string of the molecule is CCN1C(=O)N[C@@H](c2ccc(F)c(Br)c2)C(C(=O)OCCOC)=C1C. The van der Waals surface area contributed by atoms with Crippen LogP contribution in [0.25, 0.3) is 0 Å². The summed E-state index contributed by atoms with van der Waals surface area (Å²) in [7, 11) is 1.51. The van der Waals surface area contributed by atoms with Crippen LogP contribution in [0, 0.1) is 5.82 Å². The van der Waals surface area contributed by atoms with Gasteiger partial charge in [-0.1, -0.05) is 6.07 Å². The highest BCUT2D eigenvalue weighted by Crippen LogP contribution is 2.32. The van der Waals surface area contributed by atoms with E-state index >= 15 is 0 Å². The fourth-order valence-corrected chi connectivity index (χ4v) is 3.06. The summed E-state index contributed by atoms with van der Waals surface area (Å²) in [5, 5.41) is 2.79. The Morgan fingerprint density at radius 2 is 2.12 bits per heavy atom. The molecule has 0 spiro atoms. The molecule has 1 atom stereocenters. The third kappa shape index (κ3) is 4.19. The lowest BCUT2D eigenvalue weighted by Crippen LogP contribution is -2.48. The number of amides is 2. The van der Waals surface area contributed by atoms with Crippen molar-refractivity contribution in [1.29, 1.82) is 0 Å². The molecular weight excluding hydrogens is 395 g/mol. The summed E-state index contributed by atoms with van der Waals surface area (Å²) in [5.74, 6) is -0.968. The molecule has 0 aliphatic carbocycles. The van der Waals surface area contributed by atoms with Crippen LogP contribution in [0.1, 0.15) is 25.5 Å². The lowest BCUT2D eigenvalue weighted by Gasteiger charge is -2.34. The summed E-state index contributed by atoms with van der Waals surface area (Å²) < 4.78 is 23.9. The van der Waals surface area contributed by atoms with Gasteiger partial charge in [0.1, 0.15) is 12.4 Å². The molecule has 8 heteroatoms. The van der Waals surface area contributed by atoms with Crippen LogP contribution in [0.2, 0.25) is 0 Å². The van der Waals surface area contributed by atoms with Crippen molar-refractivity contribution in [2.75, 3.05) is 26.9 Å². The van der Waals surface area contributed by atoms with Crippen molar-refractivity contribution in [2.24, 2.45) is 0 Å². The van der Waals surface area contributed by atoms with Gasteiger partial charge in [-0.3, -0.25) is 4.90 Å². The number of halogens is 2. The molecule has 0 bridgehead atoms. The number of nitrogens with one attached hydrogen (secondary N) is 1. The molecule has 1 aromatic rings. The fourth-order valence-electron chi connectivity index (χ4n) is 2.66. The first kappa shape index (κ1) is 19.4. The molecule has 1 N–H and O–H groups in total. The topological polar surface area (TPSA) is 67.9 Å². The fraction of sp³-hybridized carbons (Fsp3) is 0.412. The lowest BCUT2D eigenvalue weighted by atomic mass is 9.95. The predicted molar refractivity (Wildman–Crippen MR) is 93.3 cm³/mol. The minimum atomic E-state index is -0.720. The Kier molecular flexibility index (Phi) is 6.55. The van der Waals surface area contributed by atoms with Crippen molar-refractivity contribution in [3.8, 4) is 0 Å². The van der Waals surface area contributed by atoms with Crippen LogP contribution in [0.3, 0.4) is 0 Å². The van der Waals surface area contributed by atoms with E-state index in [4.69, 9.17) is 9.47 Å². The number of esters is 1. The molecule has 2 amide bonds. The van der Waals surface area contributed by atoms with E-state index in [0.29, 0.717) is 23.4 Å². The molecule has 0 unspecified atom stereocenters. The summed E-state index contributed by atoms with van der Waals surface area (Å²) in [6, 6.07) is 3.31. The molecule has 0 fully saturated rings. The minimum Gasteiger partial charge on any atom is -0.460 e. The van der Waals surface area contributed by atoms with Gasteiger partial charge < -0.3 is 14.8 Å². The van der Waals surface area contributed by atoms with Crippen molar-refractivity contribution >= 4 is 27.9 Å². The Morgan fingerprint density at radius 3 is 2.72 bits per heavy atom. The molecule has 136 valence electrons. The summed E-state index contributed by atoms with van der Waals surface area (Å²) >= 11 is 3.13.